The SMILES string of the molecule is CCCOC(=O)C1=C(C)Nc2ccc(Br)cc2NC1C(=O)OCC. The van der Waals surface area contributed by atoms with E-state index in [4.69, 9.17) is 9.47 Å². The molecule has 1 unspecified atom stereocenters. The third-order valence-corrected chi connectivity index (χ3v) is 3.97. The van der Waals surface area contributed by atoms with Gasteiger partial charge >= 0.3 is 11.9 Å². The molecule has 0 saturated heterocycles. The molecule has 1 heterocycles. The van der Waals surface area contributed by atoms with Crippen LogP contribution in [-0.2, 0) is 19.1 Å². The largest absolute Gasteiger partial charge is 0.464 e. The molecule has 0 fully saturated rings. The van der Waals surface area contributed by atoms with Gasteiger partial charge in [-0.15, -0.1) is 0 Å². The molecular formula is C17H21BrN2O4. The Hall–Kier alpha value is -2.02. The number of halogens is 1. The maximum absolute atomic E-state index is 12.5. The van der Waals surface area contributed by atoms with Crippen molar-refractivity contribution in [2.45, 2.75) is 33.2 Å². The molecule has 0 aromatic heterocycles. The summed E-state index contributed by atoms with van der Waals surface area (Å²) in [6.07, 6.45) is 0.705. The highest BCUT2D eigenvalue weighted by Gasteiger charge is 2.34. The van der Waals surface area contributed by atoms with Crippen LogP contribution in [0.1, 0.15) is 27.2 Å². The van der Waals surface area contributed by atoms with Crippen LogP contribution in [0.15, 0.2) is 33.9 Å². The van der Waals surface area contributed by atoms with Crippen molar-refractivity contribution >= 4 is 39.2 Å². The molecule has 1 aromatic carbocycles. The van der Waals surface area contributed by atoms with Gasteiger partial charge in [0.25, 0.3) is 0 Å². The lowest BCUT2D eigenvalue weighted by molar-refractivity contribution is -0.146. The van der Waals surface area contributed by atoms with Crippen LogP contribution < -0.4 is 10.6 Å². The second-order valence-electron chi connectivity index (χ2n) is 5.32. The number of benzene rings is 1. The molecule has 1 aromatic rings. The van der Waals surface area contributed by atoms with Gasteiger partial charge in [0, 0.05) is 10.2 Å². The second-order valence-corrected chi connectivity index (χ2v) is 6.23. The molecule has 0 amide bonds. The molecule has 24 heavy (non-hydrogen) atoms. The Bertz CT molecular complexity index is 673. The zero-order valence-corrected chi connectivity index (χ0v) is 15.5. The molecule has 0 aliphatic carbocycles. The van der Waals surface area contributed by atoms with Gasteiger partial charge in [0.05, 0.1) is 30.2 Å². The van der Waals surface area contributed by atoms with Crippen LogP contribution in [0.4, 0.5) is 11.4 Å². The van der Waals surface area contributed by atoms with Crippen molar-refractivity contribution in [3.05, 3.63) is 33.9 Å². The third kappa shape index (κ3) is 4.08. The summed E-state index contributed by atoms with van der Waals surface area (Å²) < 4.78 is 11.2. The number of fused-ring (bicyclic) bond motifs is 1. The third-order valence-electron chi connectivity index (χ3n) is 3.48. The first-order valence-corrected chi connectivity index (χ1v) is 8.64. The fraction of sp³-hybridized carbons (Fsp3) is 0.412. The monoisotopic (exact) mass is 396 g/mol. The topological polar surface area (TPSA) is 76.7 Å². The molecular weight excluding hydrogens is 376 g/mol. The Morgan fingerprint density at radius 2 is 1.96 bits per heavy atom. The quantitative estimate of drug-likeness (QED) is 0.742. The first kappa shape index (κ1) is 18.3. The van der Waals surface area contributed by atoms with E-state index < -0.39 is 18.0 Å². The van der Waals surface area contributed by atoms with Gasteiger partial charge in [0.2, 0.25) is 0 Å². The Balaban J connectivity index is 2.44. The number of anilines is 2. The molecule has 1 aliphatic rings. The van der Waals surface area contributed by atoms with Crippen LogP contribution >= 0.6 is 15.9 Å². The normalized spacial score (nSPS) is 16.4. The van der Waals surface area contributed by atoms with Crippen LogP contribution in [0.3, 0.4) is 0 Å². The zero-order chi connectivity index (χ0) is 17.7. The van der Waals surface area contributed by atoms with E-state index in [0.717, 1.165) is 10.2 Å². The number of nitrogens with one attached hydrogen (secondary N) is 2. The highest BCUT2D eigenvalue weighted by molar-refractivity contribution is 9.10. The van der Waals surface area contributed by atoms with Gasteiger partial charge in [-0.05, 0) is 38.5 Å². The molecule has 130 valence electrons. The average molecular weight is 397 g/mol. The Labute approximate surface area is 149 Å². The number of allylic oxidation sites excluding steroid dienone is 1. The Morgan fingerprint density at radius 3 is 2.62 bits per heavy atom. The number of ether oxygens (including phenoxy) is 2. The smallest absolute Gasteiger partial charge is 0.338 e. The van der Waals surface area contributed by atoms with Gasteiger partial charge in [-0.2, -0.15) is 0 Å². The maximum atomic E-state index is 12.5. The minimum Gasteiger partial charge on any atom is -0.464 e. The Morgan fingerprint density at radius 1 is 1.21 bits per heavy atom. The molecule has 0 spiro atoms. The summed E-state index contributed by atoms with van der Waals surface area (Å²) in [5.74, 6) is -1.05. The van der Waals surface area contributed by atoms with Crippen LogP contribution in [0.25, 0.3) is 0 Å². The molecule has 1 aliphatic heterocycles. The predicted octanol–water partition coefficient (Wildman–Crippen LogP) is 3.45. The molecule has 6 nitrogen and oxygen atoms in total. The summed E-state index contributed by atoms with van der Waals surface area (Å²) in [5, 5.41) is 6.27. The van der Waals surface area contributed by atoms with Crippen LogP contribution in [-0.4, -0.2) is 31.2 Å². The van der Waals surface area contributed by atoms with Gasteiger partial charge in [-0.3, -0.25) is 0 Å². The lowest BCUT2D eigenvalue weighted by atomic mass is 10.1. The van der Waals surface area contributed by atoms with Gasteiger partial charge in [0.1, 0.15) is 0 Å². The summed E-state index contributed by atoms with van der Waals surface area (Å²) in [5.41, 5.74) is 2.25. The highest BCUT2D eigenvalue weighted by atomic mass is 79.9. The van der Waals surface area contributed by atoms with E-state index in [9.17, 15) is 9.59 Å². The van der Waals surface area contributed by atoms with E-state index in [1.54, 1.807) is 13.8 Å². The number of hydrogen-bond donors (Lipinski definition) is 2. The molecule has 0 saturated carbocycles. The van der Waals surface area contributed by atoms with Crippen molar-refractivity contribution in [1.82, 2.24) is 0 Å². The zero-order valence-electron chi connectivity index (χ0n) is 13.9. The van der Waals surface area contributed by atoms with E-state index in [1.807, 2.05) is 25.1 Å². The van der Waals surface area contributed by atoms with E-state index in [0.29, 0.717) is 24.4 Å². The first-order chi connectivity index (χ1) is 11.5. The maximum Gasteiger partial charge on any atom is 0.338 e. The Kier molecular flexibility index (Phi) is 6.25. The van der Waals surface area contributed by atoms with Gasteiger partial charge < -0.3 is 20.1 Å². The summed E-state index contributed by atoms with van der Waals surface area (Å²) in [4.78, 5) is 24.9. The first-order valence-electron chi connectivity index (χ1n) is 7.85. The van der Waals surface area contributed by atoms with Crippen molar-refractivity contribution in [2.75, 3.05) is 23.8 Å². The number of esters is 2. The minimum atomic E-state index is -0.933. The number of hydrogen-bond acceptors (Lipinski definition) is 6. The van der Waals surface area contributed by atoms with Crippen molar-refractivity contribution in [3.8, 4) is 0 Å². The number of carbonyl (C=O) groups excluding carboxylic acids is 2. The second kappa shape index (κ2) is 8.19. The van der Waals surface area contributed by atoms with E-state index in [2.05, 4.69) is 26.6 Å². The predicted molar refractivity (Wildman–Crippen MR) is 95.8 cm³/mol. The molecule has 2 rings (SSSR count). The molecule has 0 radical (unpaired) electrons. The van der Waals surface area contributed by atoms with E-state index >= 15 is 0 Å². The van der Waals surface area contributed by atoms with Gasteiger partial charge in [0.15, 0.2) is 6.04 Å². The lowest BCUT2D eigenvalue weighted by Crippen LogP contribution is -2.37. The van der Waals surface area contributed by atoms with Crippen molar-refractivity contribution in [2.24, 2.45) is 0 Å². The lowest BCUT2D eigenvalue weighted by Gasteiger charge is -2.19. The highest BCUT2D eigenvalue weighted by Crippen LogP contribution is 2.32. The molecule has 1 atom stereocenters. The molecule has 2 N–H and O–H groups in total. The van der Waals surface area contributed by atoms with Gasteiger partial charge in [-0.1, -0.05) is 22.9 Å². The number of carbonyl (C=O) groups is 2. The summed E-state index contributed by atoms with van der Waals surface area (Å²) in [6, 6.07) is 4.64. The molecule has 7 heteroatoms. The van der Waals surface area contributed by atoms with Crippen LogP contribution in [0, 0.1) is 0 Å². The fourth-order valence-corrected chi connectivity index (χ4v) is 2.77. The van der Waals surface area contributed by atoms with Crippen molar-refractivity contribution in [1.29, 1.82) is 0 Å². The minimum absolute atomic E-state index is 0.228. The van der Waals surface area contributed by atoms with Crippen molar-refractivity contribution < 1.29 is 19.1 Å². The average Bonchev–Trinajstić information content (AvgIpc) is 2.68. The van der Waals surface area contributed by atoms with E-state index in [1.165, 1.54) is 0 Å². The summed E-state index contributed by atoms with van der Waals surface area (Å²) in [7, 11) is 0. The standard InChI is InChI=1S/C17H21BrN2O4/c1-4-8-24-16(21)14-10(3)19-12-7-6-11(18)9-13(12)20-15(14)17(22)23-5-2/h6-7,9,15,19-20H,4-5,8H2,1-3H3. The van der Waals surface area contributed by atoms with Crippen LogP contribution in [0.5, 0.6) is 0 Å². The van der Waals surface area contributed by atoms with Gasteiger partial charge in [-0.25, -0.2) is 9.59 Å². The summed E-state index contributed by atoms with van der Waals surface area (Å²) >= 11 is 3.41. The van der Waals surface area contributed by atoms with E-state index in [-0.39, 0.29) is 12.2 Å². The number of rotatable bonds is 5. The van der Waals surface area contributed by atoms with Crippen LogP contribution in [0.2, 0.25) is 0 Å². The molecule has 0 bridgehead atoms. The summed E-state index contributed by atoms with van der Waals surface area (Å²) in [6.45, 7) is 5.90. The fourth-order valence-electron chi connectivity index (χ4n) is 2.40. The van der Waals surface area contributed by atoms with Crippen molar-refractivity contribution in [3.63, 3.8) is 0 Å².